The van der Waals surface area contributed by atoms with Crippen LogP contribution in [0.4, 0.5) is 16.4 Å². The first-order valence-corrected chi connectivity index (χ1v) is 8.50. The lowest BCUT2D eigenvalue weighted by atomic mass is 10.1. The van der Waals surface area contributed by atoms with E-state index in [0.717, 1.165) is 28.3 Å². The second kappa shape index (κ2) is 7.91. The number of nitrogens with zero attached hydrogens (tertiary/aromatic N) is 2. The predicted octanol–water partition coefficient (Wildman–Crippen LogP) is 3.61. The number of ether oxygens (including phenoxy) is 1. The lowest BCUT2D eigenvalue weighted by molar-refractivity contribution is -0.394. The van der Waals surface area contributed by atoms with Crippen LogP contribution in [-0.4, -0.2) is 28.3 Å². The van der Waals surface area contributed by atoms with Crippen molar-refractivity contribution >= 4 is 39.6 Å². The smallest absolute Gasteiger partial charge is 0.341 e. The Morgan fingerprint density at radius 3 is 2.41 bits per heavy atom. The van der Waals surface area contributed by atoms with Crippen molar-refractivity contribution in [2.24, 2.45) is 0 Å². The van der Waals surface area contributed by atoms with Gasteiger partial charge in [-0.25, -0.2) is 4.79 Å². The van der Waals surface area contributed by atoms with E-state index in [4.69, 9.17) is 4.74 Å². The molecule has 1 amide bonds. The highest BCUT2D eigenvalue weighted by atomic mass is 32.1. The van der Waals surface area contributed by atoms with Crippen molar-refractivity contribution in [2.45, 2.75) is 20.8 Å². The SMILES string of the molecule is CCOC(=O)c1c(NC(=O)c2ccc([N+](=O)[O-])cc2[N+](=O)[O-])sc(C)c1C. The number of non-ortho nitro benzene ring substituents is 1. The van der Waals surface area contributed by atoms with Gasteiger partial charge in [0.15, 0.2) is 0 Å². The van der Waals surface area contributed by atoms with Gasteiger partial charge in [-0.1, -0.05) is 0 Å². The van der Waals surface area contributed by atoms with E-state index < -0.39 is 33.1 Å². The molecule has 0 aliphatic rings. The fraction of sp³-hybridized carbons (Fsp3) is 0.250. The molecule has 0 radical (unpaired) electrons. The van der Waals surface area contributed by atoms with Crippen molar-refractivity contribution in [3.8, 4) is 0 Å². The summed E-state index contributed by atoms with van der Waals surface area (Å²) in [5, 5.41) is 24.7. The molecule has 1 aromatic carbocycles. The fourth-order valence-corrected chi connectivity index (χ4v) is 3.35. The molecule has 10 nitrogen and oxygen atoms in total. The molecule has 0 fully saturated rings. The number of nitro benzene ring substituents is 2. The second-order valence-electron chi connectivity index (χ2n) is 5.38. The first-order chi connectivity index (χ1) is 12.7. The van der Waals surface area contributed by atoms with E-state index in [0.29, 0.717) is 11.6 Å². The van der Waals surface area contributed by atoms with Gasteiger partial charge in [-0.3, -0.25) is 25.0 Å². The van der Waals surface area contributed by atoms with E-state index in [-0.39, 0.29) is 22.7 Å². The highest BCUT2D eigenvalue weighted by molar-refractivity contribution is 7.16. The van der Waals surface area contributed by atoms with Crippen LogP contribution in [0.2, 0.25) is 0 Å². The Hall–Kier alpha value is -3.34. The summed E-state index contributed by atoms with van der Waals surface area (Å²) in [6.07, 6.45) is 0. The summed E-state index contributed by atoms with van der Waals surface area (Å²) in [6, 6.07) is 2.72. The van der Waals surface area contributed by atoms with Crippen LogP contribution in [0.25, 0.3) is 0 Å². The maximum Gasteiger partial charge on any atom is 0.341 e. The molecule has 11 heteroatoms. The monoisotopic (exact) mass is 393 g/mol. The zero-order chi connectivity index (χ0) is 20.3. The fourth-order valence-electron chi connectivity index (χ4n) is 2.31. The third-order valence-corrected chi connectivity index (χ3v) is 4.85. The number of thiophene rings is 1. The number of amides is 1. The van der Waals surface area contributed by atoms with Crippen LogP contribution in [0.15, 0.2) is 18.2 Å². The molecule has 0 saturated carbocycles. The Morgan fingerprint density at radius 2 is 1.85 bits per heavy atom. The summed E-state index contributed by atoms with van der Waals surface area (Å²) >= 11 is 1.13. The third-order valence-electron chi connectivity index (χ3n) is 3.73. The van der Waals surface area contributed by atoms with E-state index in [1.807, 2.05) is 0 Å². The maximum atomic E-state index is 12.5. The van der Waals surface area contributed by atoms with Crippen LogP contribution in [-0.2, 0) is 4.74 Å². The van der Waals surface area contributed by atoms with Gasteiger partial charge in [0.05, 0.1) is 28.1 Å². The van der Waals surface area contributed by atoms with Gasteiger partial charge in [0.2, 0.25) is 0 Å². The van der Waals surface area contributed by atoms with E-state index in [1.54, 1.807) is 20.8 Å². The number of carbonyl (C=O) groups is 2. The topological polar surface area (TPSA) is 142 Å². The quantitative estimate of drug-likeness (QED) is 0.449. The van der Waals surface area contributed by atoms with Crippen molar-refractivity contribution in [1.82, 2.24) is 0 Å². The molecule has 27 heavy (non-hydrogen) atoms. The zero-order valence-corrected chi connectivity index (χ0v) is 15.4. The average molecular weight is 393 g/mol. The number of esters is 1. The number of nitrogens with one attached hydrogen (secondary N) is 1. The number of hydrogen-bond acceptors (Lipinski definition) is 8. The van der Waals surface area contributed by atoms with Gasteiger partial charge in [-0.2, -0.15) is 0 Å². The molecule has 2 rings (SSSR count). The van der Waals surface area contributed by atoms with Crippen molar-refractivity contribution in [3.05, 3.63) is 60.0 Å². The van der Waals surface area contributed by atoms with Gasteiger partial charge in [-0.15, -0.1) is 11.3 Å². The van der Waals surface area contributed by atoms with E-state index >= 15 is 0 Å². The number of carbonyl (C=O) groups excluding carboxylic acids is 2. The highest BCUT2D eigenvalue weighted by Gasteiger charge is 2.27. The molecule has 1 heterocycles. The van der Waals surface area contributed by atoms with Crippen LogP contribution < -0.4 is 5.32 Å². The lowest BCUT2D eigenvalue weighted by Crippen LogP contribution is -2.16. The first kappa shape index (κ1) is 20.0. The lowest BCUT2D eigenvalue weighted by Gasteiger charge is -2.07. The van der Waals surface area contributed by atoms with Crippen LogP contribution in [0.3, 0.4) is 0 Å². The molecule has 2 aromatic rings. The van der Waals surface area contributed by atoms with Gasteiger partial charge >= 0.3 is 5.97 Å². The largest absolute Gasteiger partial charge is 0.462 e. The number of aryl methyl sites for hydroxylation is 1. The summed E-state index contributed by atoms with van der Waals surface area (Å²) in [7, 11) is 0. The Labute approximate surface area is 157 Å². The summed E-state index contributed by atoms with van der Waals surface area (Å²) in [5.41, 5.74) is -0.758. The first-order valence-electron chi connectivity index (χ1n) is 7.68. The Kier molecular flexibility index (Phi) is 5.85. The minimum absolute atomic E-state index is 0.147. The van der Waals surface area contributed by atoms with Crippen LogP contribution in [0.5, 0.6) is 0 Å². The molecular formula is C16H15N3O7S. The molecule has 0 spiro atoms. The van der Waals surface area contributed by atoms with Crippen molar-refractivity contribution in [2.75, 3.05) is 11.9 Å². The maximum absolute atomic E-state index is 12.5. The molecule has 0 unspecified atom stereocenters. The van der Waals surface area contributed by atoms with Gasteiger partial charge in [0.25, 0.3) is 17.3 Å². The van der Waals surface area contributed by atoms with E-state index in [2.05, 4.69) is 5.32 Å². The second-order valence-corrected chi connectivity index (χ2v) is 6.60. The van der Waals surface area contributed by atoms with Crippen LogP contribution in [0.1, 0.15) is 38.1 Å². The minimum atomic E-state index is -0.876. The predicted molar refractivity (Wildman–Crippen MR) is 97.5 cm³/mol. The number of hydrogen-bond donors (Lipinski definition) is 1. The normalized spacial score (nSPS) is 10.3. The van der Waals surface area contributed by atoms with Crippen LogP contribution >= 0.6 is 11.3 Å². The minimum Gasteiger partial charge on any atom is -0.462 e. The Morgan fingerprint density at radius 1 is 1.19 bits per heavy atom. The highest BCUT2D eigenvalue weighted by Crippen LogP contribution is 2.34. The van der Waals surface area contributed by atoms with Gasteiger partial charge in [0, 0.05) is 10.9 Å². The molecule has 1 aromatic heterocycles. The van der Waals surface area contributed by atoms with Gasteiger partial charge in [0.1, 0.15) is 10.6 Å². The number of nitro groups is 2. The van der Waals surface area contributed by atoms with Crippen molar-refractivity contribution in [3.63, 3.8) is 0 Å². The zero-order valence-electron chi connectivity index (χ0n) is 14.6. The van der Waals surface area contributed by atoms with Gasteiger partial charge in [-0.05, 0) is 32.4 Å². The molecule has 0 atom stereocenters. The molecule has 1 N–H and O–H groups in total. The molecule has 0 bridgehead atoms. The molecule has 0 saturated heterocycles. The summed E-state index contributed by atoms with van der Waals surface area (Å²) < 4.78 is 4.99. The summed E-state index contributed by atoms with van der Waals surface area (Å²) in [6.45, 7) is 5.24. The molecule has 142 valence electrons. The molecule has 0 aliphatic heterocycles. The van der Waals surface area contributed by atoms with E-state index in [9.17, 15) is 29.8 Å². The summed E-state index contributed by atoms with van der Waals surface area (Å²) in [4.78, 5) is 45.8. The third kappa shape index (κ3) is 4.08. The standard InChI is InChI=1S/C16H15N3O7S/c1-4-26-16(21)13-8(2)9(3)27-15(13)17-14(20)11-6-5-10(18(22)23)7-12(11)19(24)25/h5-7H,4H2,1-3H3,(H,17,20). The number of rotatable bonds is 6. The Bertz CT molecular complexity index is 952. The number of anilines is 1. The van der Waals surface area contributed by atoms with Crippen LogP contribution in [0, 0.1) is 34.1 Å². The number of benzene rings is 1. The van der Waals surface area contributed by atoms with Crippen molar-refractivity contribution < 1.29 is 24.2 Å². The average Bonchev–Trinajstić information content (AvgIpc) is 2.88. The van der Waals surface area contributed by atoms with E-state index in [1.165, 1.54) is 0 Å². The summed E-state index contributed by atoms with van der Waals surface area (Å²) in [5.74, 6) is -1.48. The Balaban J connectivity index is 2.44. The van der Waals surface area contributed by atoms with Crippen molar-refractivity contribution in [1.29, 1.82) is 0 Å². The molecular weight excluding hydrogens is 378 g/mol. The van der Waals surface area contributed by atoms with Gasteiger partial charge < -0.3 is 10.1 Å². The molecule has 0 aliphatic carbocycles.